The van der Waals surface area contributed by atoms with Crippen molar-refractivity contribution >= 4 is 5.82 Å². The molecule has 1 aromatic heterocycles. The molecule has 0 amide bonds. The van der Waals surface area contributed by atoms with Crippen LogP contribution in [0.2, 0.25) is 0 Å². The second kappa shape index (κ2) is 4.14. The second-order valence-corrected chi connectivity index (χ2v) is 5.12. The molecule has 2 N–H and O–H groups in total. The van der Waals surface area contributed by atoms with Crippen molar-refractivity contribution in [2.24, 2.45) is 7.05 Å². The molecule has 0 radical (unpaired) electrons. The lowest BCUT2D eigenvalue weighted by molar-refractivity contribution is 0.190. The first kappa shape index (κ1) is 11.3. The van der Waals surface area contributed by atoms with Gasteiger partial charge in [-0.3, -0.25) is 4.68 Å². The Kier molecular flexibility index (Phi) is 2.59. The Balaban J connectivity index is 1.91. The molecule has 0 spiro atoms. The smallest absolute Gasteiger partial charge is 0.121 e. The molecule has 4 heteroatoms. The van der Waals surface area contributed by atoms with Crippen LogP contribution in [-0.4, -0.2) is 34.8 Å². The molecule has 0 aliphatic carbocycles. The van der Waals surface area contributed by atoms with Crippen molar-refractivity contribution in [3.8, 4) is 11.3 Å². The maximum Gasteiger partial charge on any atom is 0.121 e. The van der Waals surface area contributed by atoms with Gasteiger partial charge in [-0.25, -0.2) is 0 Å². The van der Waals surface area contributed by atoms with Gasteiger partial charge in [-0.05, 0) is 18.7 Å². The molecule has 0 bridgehead atoms. The SMILES string of the molecule is CN1CC(c2cccc(-c3cc(N)n(C)n3)c2)C1. The van der Waals surface area contributed by atoms with Gasteiger partial charge >= 0.3 is 0 Å². The van der Waals surface area contributed by atoms with Crippen molar-refractivity contribution < 1.29 is 0 Å². The van der Waals surface area contributed by atoms with E-state index in [1.54, 1.807) is 4.68 Å². The molecule has 18 heavy (non-hydrogen) atoms. The van der Waals surface area contributed by atoms with Gasteiger partial charge in [0.25, 0.3) is 0 Å². The summed E-state index contributed by atoms with van der Waals surface area (Å²) < 4.78 is 1.71. The fourth-order valence-electron chi connectivity index (χ4n) is 2.48. The molecule has 1 saturated heterocycles. The number of rotatable bonds is 2. The zero-order valence-corrected chi connectivity index (χ0v) is 10.8. The molecule has 1 fully saturated rings. The minimum atomic E-state index is 0.663. The van der Waals surface area contributed by atoms with Crippen LogP contribution >= 0.6 is 0 Å². The number of nitrogen functional groups attached to an aromatic ring is 1. The predicted octanol–water partition coefficient (Wildman–Crippen LogP) is 1.70. The van der Waals surface area contributed by atoms with E-state index < -0.39 is 0 Å². The Labute approximate surface area is 107 Å². The summed E-state index contributed by atoms with van der Waals surface area (Å²) in [7, 11) is 4.02. The molecule has 0 atom stereocenters. The molecular weight excluding hydrogens is 224 g/mol. The highest BCUT2D eigenvalue weighted by atomic mass is 15.3. The highest BCUT2D eigenvalue weighted by molar-refractivity contribution is 5.63. The lowest BCUT2D eigenvalue weighted by Gasteiger charge is -2.36. The number of anilines is 1. The van der Waals surface area contributed by atoms with Gasteiger partial charge in [0.1, 0.15) is 5.82 Å². The van der Waals surface area contributed by atoms with Crippen molar-refractivity contribution in [1.29, 1.82) is 0 Å². The van der Waals surface area contributed by atoms with Crippen LogP contribution in [0.15, 0.2) is 30.3 Å². The Bertz CT molecular complexity index is 547. The van der Waals surface area contributed by atoms with E-state index in [1.807, 2.05) is 13.1 Å². The van der Waals surface area contributed by atoms with Crippen LogP contribution in [-0.2, 0) is 7.05 Å². The van der Waals surface area contributed by atoms with Crippen molar-refractivity contribution in [3.63, 3.8) is 0 Å². The Morgan fingerprint density at radius 1 is 1.22 bits per heavy atom. The number of nitrogens with two attached hydrogens (primary N) is 1. The quantitative estimate of drug-likeness (QED) is 0.872. The minimum Gasteiger partial charge on any atom is -0.384 e. The molecule has 1 aliphatic rings. The maximum absolute atomic E-state index is 5.83. The van der Waals surface area contributed by atoms with Crippen molar-refractivity contribution in [2.45, 2.75) is 5.92 Å². The average molecular weight is 242 g/mol. The number of likely N-dealkylation sites (tertiary alicyclic amines) is 1. The Hall–Kier alpha value is -1.81. The van der Waals surface area contributed by atoms with Crippen LogP contribution in [0.4, 0.5) is 5.82 Å². The first-order valence-corrected chi connectivity index (χ1v) is 6.22. The fourth-order valence-corrected chi connectivity index (χ4v) is 2.48. The molecule has 3 rings (SSSR count). The number of aryl methyl sites for hydroxylation is 1. The maximum atomic E-state index is 5.83. The van der Waals surface area contributed by atoms with E-state index in [2.05, 4.69) is 41.3 Å². The van der Waals surface area contributed by atoms with Crippen LogP contribution in [0.5, 0.6) is 0 Å². The lowest BCUT2D eigenvalue weighted by atomic mass is 9.90. The van der Waals surface area contributed by atoms with E-state index in [0.29, 0.717) is 11.7 Å². The van der Waals surface area contributed by atoms with E-state index in [-0.39, 0.29) is 0 Å². The van der Waals surface area contributed by atoms with Crippen LogP contribution in [0.1, 0.15) is 11.5 Å². The van der Waals surface area contributed by atoms with Gasteiger partial charge in [0.05, 0.1) is 5.69 Å². The summed E-state index contributed by atoms with van der Waals surface area (Å²) in [6, 6.07) is 10.6. The predicted molar refractivity (Wildman–Crippen MR) is 73.3 cm³/mol. The zero-order chi connectivity index (χ0) is 12.7. The fraction of sp³-hybridized carbons (Fsp3) is 0.357. The van der Waals surface area contributed by atoms with Crippen molar-refractivity contribution in [1.82, 2.24) is 14.7 Å². The first-order valence-electron chi connectivity index (χ1n) is 6.22. The topological polar surface area (TPSA) is 47.1 Å². The molecule has 4 nitrogen and oxygen atoms in total. The van der Waals surface area contributed by atoms with Crippen molar-refractivity contribution in [3.05, 3.63) is 35.9 Å². The monoisotopic (exact) mass is 242 g/mol. The van der Waals surface area contributed by atoms with E-state index in [9.17, 15) is 0 Å². The van der Waals surface area contributed by atoms with Gasteiger partial charge in [-0.15, -0.1) is 0 Å². The number of aromatic nitrogens is 2. The van der Waals surface area contributed by atoms with E-state index in [4.69, 9.17) is 5.73 Å². The van der Waals surface area contributed by atoms with Gasteiger partial charge in [-0.1, -0.05) is 18.2 Å². The summed E-state index contributed by atoms with van der Waals surface area (Å²) in [6.45, 7) is 2.29. The van der Waals surface area contributed by atoms with E-state index in [1.165, 1.54) is 5.56 Å². The molecule has 0 unspecified atom stereocenters. The van der Waals surface area contributed by atoms with Crippen LogP contribution in [0.3, 0.4) is 0 Å². The van der Waals surface area contributed by atoms with Crippen molar-refractivity contribution in [2.75, 3.05) is 25.9 Å². The highest BCUT2D eigenvalue weighted by Gasteiger charge is 2.24. The molecular formula is C14H18N4. The summed E-state index contributed by atoms with van der Waals surface area (Å²) in [5.41, 5.74) is 9.32. The summed E-state index contributed by atoms with van der Waals surface area (Å²) in [6.07, 6.45) is 0. The van der Waals surface area contributed by atoms with Gasteiger partial charge < -0.3 is 10.6 Å². The Morgan fingerprint density at radius 2 is 2.00 bits per heavy atom. The summed E-state index contributed by atoms with van der Waals surface area (Å²) in [5.74, 6) is 1.36. The van der Waals surface area contributed by atoms with E-state index in [0.717, 1.165) is 24.3 Å². The molecule has 2 heterocycles. The number of hydrogen-bond donors (Lipinski definition) is 1. The average Bonchev–Trinajstić information content (AvgIpc) is 2.66. The second-order valence-electron chi connectivity index (χ2n) is 5.12. The molecule has 1 aromatic carbocycles. The molecule has 1 aliphatic heterocycles. The summed E-state index contributed by atoms with van der Waals surface area (Å²) in [5, 5.41) is 4.42. The van der Waals surface area contributed by atoms with Gasteiger partial charge in [0, 0.05) is 37.7 Å². The van der Waals surface area contributed by atoms with Gasteiger partial charge in [0.15, 0.2) is 0 Å². The lowest BCUT2D eigenvalue weighted by Crippen LogP contribution is -2.41. The summed E-state index contributed by atoms with van der Waals surface area (Å²) in [4.78, 5) is 2.33. The normalized spacial score (nSPS) is 16.8. The highest BCUT2D eigenvalue weighted by Crippen LogP contribution is 2.29. The third-order valence-electron chi connectivity index (χ3n) is 3.63. The van der Waals surface area contributed by atoms with Crippen LogP contribution in [0.25, 0.3) is 11.3 Å². The van der Waals surface area contributed by atoms with Gasteiger partial charge in [-0.2, -0.15) is 5.10 Å². The number of hydrogen-bond acceptors (Lipinski definition) is 3. The third kappa shape index (κ3) is 1.88. The van der Waals surface area contributed by atoms with Crippen LogP contribution < -0.4 is 5.73 Å². The standard InChI is InChI=1S/C14H18N4/c1-17-8-12(9-17)10-4-3-5-11(6-10)13-7-14(15)18(2)16-13/h3-7,12H,8-9,15H2,1-2H3. The van der Waals surface area contributed by atoms with Crippen LogP contribution in [0, 0.1) is 0 Å². The van der Waals surface area contributed by atoms with Gasteiger partial charge in [0.2, 0.25) is 0 Å². The zero-order valence-electron chi connectivity index (χ0n) is 10.8. The van der Waals surface area contributed by atoms with E-state index >= 15 is 0 Å². The third-order valence-corrected chi connectivity index (χ3v) is 3.63. The first-order chi connectivity index (χ1) is 8.63. The summed E-state index contributed by atoms with van der Waals surface area (Å²) >= 11 is 0. The molecule has 0 saturated carbocycles. The Morgan fingerprint density at radius 3 is 2.61 bits per heavy atom. The number of likely N-dealkylation sites (N-methyl/N-ethyl adjacent to an activating group) is 1. The number of nitrogens with zero attached hydrogens (tertiary/aromatic N) is 3. The largest absolute Gasteiger partial charge is 0.384 e. The molecule has 94 valence electrons. The minimum absolute atomic E-state index is 0.663. The number of benzene rings is 1. The molecule has 2 aromatic rings.